The number of esters is 1. The highest BCUT2D eigenvalue weighted by molar-refractivity contribution is 5.79. The number of anilines is 1. The number of rotatable bonds is 7. The van der Waals surface area contributed by atoms with Crippen molar-refractivity contribution in [3.8, 4) is 5.75 Å². The van der Waals surface area contributed by atoms with Crippen LogP contribution in [0.5, 0.6) is 5.75 Å². The highest BCUT2D eigenvalue weighted by Gasteiger charge is 2.28. The lowest BCUT2D eigenvalue weighted by Crippen LogP contribution is -2.39. The predicted molar refractivity (Wildman–Crippen MR) is 78.1 cm³/mol. The number of nitrogens with one attached hydrogen (secondary N) is 1. The van der Waals surface area contributed by atoms with Gasteiger partial charge in [-0.05, 0) is 26.0 Å². The fraction of sp³-hybridized carbons (Fsp3) is 0.533. The zero-order valence-electron chi connectivity index (χ0n) is 12.7. The fourth-order valence-electron chi connectivity index (χ4n) is 1.82. The van der Waals surface area contributed by atoms with Gasteiger partial charge < -0.3 is 19.5 Å². The third-order valence-corrected chi connectivity index (χ3v) is 3.14. The molecule has 1 aromatic rings. The SMILES string of the molecule is COC(=O)C(CC(C)(C)OC)Nc1cccc(OC)c1. The molecule has 0 bridgehead atoms. The molecule has 0 fully saturated rings. The largest absolute Gasteiger partial charge is 0.497 e. The topological polar surface area (TPSA) is 56.8 Å². The van der Waals surface area contributed by atoms with Crippen molar-refractivity contribution in [3.63, 3.8) is 0 Å². The lowest BCUT2D eigenvalue weighted by molar-refractivity contribution is -0.143. The molecule has 0 aromatic heterocycles. The number of hydrogen-bond donors (Lipinski definition) is 1. The Morgan fingerprint density at radius 1 is 1.30 bits per heavy atom. The second kappa shape index (κ2) is 7.14. The normalized spacial score (nSPS) is 12.7. The summed E-state index contributed by atoms with van der Waals surface area (Å²) in [5.74, 6) is 0.405. The van der Waals surface area contributed by atoms with Crippen LogP contribution in [-0.2, 0) is 14.3 Å². The van der Waals surface area contributed by atoms with Crippen LogP contribution < -0.4 is 10.1 Å². The lowest BCUT2D eigenvalue weighted by atomic mass is 9.98. The van der Waals surface area contributed by atoms with Gasteiger partial charge in [0.25, 0.3) is 0 Å². The molecule has 1 unspecified atom stereocenters. The molecular formula is C15H23NO4. The highest BCUT2D eigenvalue weighted by atomic mass is 16.5. The van der Waals surface area contributed by atoms with E-state index in [1.807, 2.05) is 38.1 Å². The lowest BCUT2D eigenvalue weighted by Gasteiger charge is -2.28. The van der Waals surface area contributed by atoms with Crippen LogP contribution in [0, 0.1) is 0 Å². The summed E-state index contributed by atoms with van der Waals surface area (Å²) in [5.41, 5.74) is 0.372. The van der Waals surface area contributed by atoms with Gasteiger partial charge >= 0.3 is 5.97 Å². The maximum Gasteiger partial charge on any atom is 0.328 e. The zero-order valence-corrected chi connectivity index (χ0v) is 12.7. The minimum absolute atomic E-state index is 0.321. The summed E-state index contributed by atoms with van der Waals surface area (Å²) < 4.78 is 15.4. The molecule has 0 saturated carbocycles. The molecule has 1 N–H and O–H groups in total. The number of ether oxygens (including phenoxy) is 3. The van der Waals surface area contributed by atoms with Gasteiger partial charge in [0.05, 0.1) is 19.8 Å². The van der Waals surface area contributed by atoms with Crippen LogP contribution in [0.4, 0.5) is 5.69 Å². The van der Waals surface area contributed by atoms with Gasteiger partial charge in [-0.3, -0.25) is 0 Å². The molecule has 0 saturated heterocycles. The number of hydrogen-bond acceptors (Lipinski definition) is 5. The van der Waals surface area contributed by atoms with Gasteiger partial charge in [-0.15, -0.1) is 0 Å². The Hall–Kier alpha value is -1.75. The van der Waals surface area contributed by atoms with Crippen LogP contribution in [0.3, 0.4) is 0 Å². The Labute approximate surface area is 120 Å². The maximum atomic E-state index is 11.9. The summed E-state index contributed by atoms with van der Waals surface area (Å²) in [7, 11) is 4.60. The molecule has 20 heavy (non-hydrogen) atoms. The number of carbonyl (C=O) groups is 1. The van der Waals surface area contributed by atoms with Crippen molar-refractivity contribution in [1.29, 1.82) is 0 Å². The van der Waals surface area contributed by atoms with E-state index in [-0.39, 0.29) is 5.97 Å². The molecule has 1 rings (SSSR count). The van der Waals surface area contributed by atoms with Gasteiger partial charge in [0.15, 0.2) is 0 Å². The minimum Gasteiger partial charge on any atom is -0.497 e. The van der Waals surface area contributed by atoms with Crippen molar-refractivity contribution in [2.75, 3.05) is 26.6 Å². The molecule has 0 heterocycles. The summed E-state index contributed by atoms with van der Waals surface area (Å²) >= 11 is 0. The van der Waals surface area contributed by atoms with E-state index < -0.39 is 11.6 Å². The second-order valence-electron chi connectivity index (χ2n) is 5.12. The Kier molecular flexibility index (Phi) is 5.82. The monoisotopic (exact) mass is 281 g/mol. The molecule has 5 nitrogen and oxygen atoms in total. The third kappa shape index (κ3) is 4.74. The third-order valence-electron chi connectivity index (χ3n) is 3.14. The highest BCUT2D eigenvalue weighted by Crippen LogP contribution is 2.22. The van der Waals surface area contributed by atoms with Crippen LogP contribution in [0.25, 0.3) is 0 Å². The van der Waals surface area contributed by atoms with Crippen LogP contribution >= 0.6 is 0 Å². The van der Waals surface area contributed by atoms with Gasteiger partial charge in [0.1, 0.15) is 11.8 Å². The van der Waals surface area contributed by atoms with Crippen molar-refractivity contribution in [2.24, 2.45) is 0 Å². The molecular weight excluding hydrogens is 258 g/mol. The molecule has 0 amide bonds. The molecule has 0 aliphatic rings. The second-order valence-corrected chi connectivity index (χ2v) is 5.12. The molecule has 1 aromatic carbocycles. The van der Waals surface area contributed by atoms with E-state index in [2.05, 4.69) is 5.32 Å². The summed E-state index contributed by atoms with van der Waals surface area (Å²) in [5, 5.41) is 3.16. The summed E-state index contributed by atoms with van der Waals surface area (Å²) in [6, 6.07) is 6.92. The van der Waals surface area contributed by atoms with Crippen molar-refractivity contribution in [3.05, 3.63) is 24.3 Å². The van der Waals surface area contributed by atoms with Crippen LogP contribution in [0.2, 0.25) is 0 Å². The van der Waals surface area contributed by atoms with E-state index in [0.717, 1.165) is 11.4 Å². The van der Waals surface area contributed by atoms with E-state index in [0.29, 0.717) is 6.42 Å². The summed E-state index contributed by atoms with van der Waals surface area (Å²) in [6.45, 7) is 3.85. The van der Waals surface area contributed by atoms with Gasteiger partial charge in [-0.2, -0.15) is 0 Å². The first kappa shape index (κ1) is 16.3. The fourth-order valence-corrected chi connectivity index (χ4v) is 1.82. The Bertz CT molecular complexity index is 445. The number of methoxy groups -OCH3 is 3. The van der Waals surface area contributed by atoms with Crippen LogP contribution in [0.1, 0.15) is 20.3 Å². The molecule has 0 aliphatic carbocycles. The molecule has 5 heteroatoms. The van der Waals surface area contributed by atoms with Crippen molar-refractivity contribution >= 4 is 11.7 Å². The van der Waals surface area contributed by atoms with Crippen LogP contribution in [0.15, 0.2) is 24.3 Å². The first-order valence-corrected chi connectivity index (χ1v) is 6.45. The number of benzene rings is 1. The summed E-state index contributed by atoms with van der Waals surface area (Å²) in [6.07, 6.45) is 0.493. The Balaban J connectivity index is 2.86. The van der Waals surface area contributed by atoms with E-state index in [4.69, 9.17) is 14.2 Å². The minimum atomic E-state index is -0.484. The van der Waals surface area contributed by atoms with Gasteiger partial charge in [-0.1, -0.05) is 6.07 Å². The predicted octanol–water partition coefficient (Wildman–Crippen LogP) is 2.46. The summed E-state index contributed by atoms with van der Waals surface area (Å²) in [4.78, 5) is 11.9. The van der Waals surface area contributed by atoms with Gasteiger partial charge in [-0.25, -0.2) is 4.79 Å². The molecule has 0 radical (unpaired) electrons. The Morgan fingerprint density at radius 2 is 2.00 bits per heavy atom. The molecule has 1 atom stereocenters. The quantitative estimate of drug-likeness (QED) is 0.778. The smallest absolute Gasteiger partial charge is 0.328 e. The van der Waals surface area contributed by atoms with E-state index in [1.54, 1.807) is 14.2 Å². The molecule has 112 valence electrons. The van der Waals surface area contributed by atoms with Crippen molar-refractivity contribution in [1.82, 2.24) is 0 Å². The first-order chi connectivity index (χ1) is 9.41. The Morgan fingerprint density at radius 3 is 2.55 bits per heavy atom. The van der Waals surface area contributed by atoms with Gasteiger partial charge in [0.2, 0.25) is 0 Å². The van der Waals surface area contributed by atoms with E-state index in [1.165, 1.54) is 7.11 Å². The standard InChI is InChI=1S/C15H23NO4/c1-15(2,20-5)10-13(14(17)19-4)16-11-7-6-8-12(9-11)18-3/h6-9,13,16H,10H2,1-5H3. The zero-order chi connectivity index (χ0) is 15.2. The number of carbonyl (C=O) groups excluding carboxylic acids is 1. The molecule has 0 spiro atoms. The average Bonchev–Trinajstić information content (AvgIpc) is 2.45. The van der Waals surface area contributed by atoms with Gasteiger partial charge in [0, 0.05) is 25.3 Å². The maximum absolute atomic E-state index is 11.9. The van der Waals surface area contributed by atoms with E-state index >= 15 is 0 Å². The first-order valence-electron chi connectivity index (χ1n) is 6.45. The van der Waals surface area contributed by atoms with E-state index in [9.17, 15) is 4.79 Å². The molecule has 0 aliphatic heterocycles. The van der Waals surface area contributed by atoms with Crippen molar-refractivity contribution < 1.29 is 19.0 Å². The van der Waals surface area contributed by atoms with Crippen LogP contribution in [-0.4, -0.2) is 38.9 Å². The van der Waals surface area contributed by atoms with Crippen molar-refractivity contribution in [2.45, 2.75) is 31.9 Å². The average molecular weight is 281 g/mol.